The van der Waals surface area contributed by atoms with E-state index in [4.69, 9.17) is 9.47 Å². The molecule has 12 heavy (non-hydrogen) atoms. The lowest BCUT2D eigenvalue weighted by atomic mass is 10.2. The molecule has 0 rings (SSSR count). The van der Waals surface area contributed by atoms with Crippen LogP contribution in [0.3, 0.4) is 0 Å². The molecule has 0 aliphatic rings. The average molecular weight is 170 g/mol. The van der Waals surface area contributed by atoms with Crippen molar-refractivity contribution in [2.45, 2.75) is 38.9 Å². The van der Waals surface area contributed by atoms with Crippen molar-refractivity contribution in [2.75, 3.05) is 0 Å². The van der Waals surface area contributed by atoms with Gasteiger partial charge in [0.15, 0.2) is 0 Å². The zero-order valence-electron chi connectivity index (χ0n) is 7.79. The van der Waals surface area contributed by atoms with E-state index in [2.05, 4.69) is 20.1 Å². The van der Waals surface area contributed by atoms with E-state index in [1.165, 1.54) is 25.4 Å². The van der Waals surface area contributed by atoms with Crippen LogP contribution in [0.15, 0.2) is 25.7 Å². The number of ether oxygens (including phenoxy) is 2. The second-order valence-corrected chi connectivity index (χ2v) is 2.53. The number of unbranched alkanes of at least 4 members (excludes halogenated alkanes) is 2. The maximum atomic E-state index is 5.10. The van der Waals surface area contributed by atoms with Crippen LogP contribution in [-0.2, 0) is 9.47 Å². The normalized spacial score (nSPS) is 9.50. The summed E-state index contributed by atoms with van der Waals surface area (Å²) in [5.41, 5.74) is 0. The van der Waals surface area contributed by atoms with Gasteiger partial charge >= 0.3 is 0 Å². The van der Waals surface area contributed by atoms with Gasteiger partial charge in [0, 0.05) is 6.42 Å². The zero-order chi connectivity index (χ0) is 9.23. The monoisotopic (exact) mass is 170 g/mol. The Morgan fingerprint density at radius 2 is 1.75 bits per heavy atom. The maximum Gasteiger partial charge on any atom is 0.239 e. The summed E-state index contributed by atoms with van der Waals surface area (Å²) in [6.45, 7) is 9.11. The third kappa shape index (κ3) is 5.83. The molecule has 0 N–H and O–H groups in total. The predicted octanol–water partition coefficient (Wildman–Crippen LogP) is 3.21. The van der Waals surface area contributed by atoms with Gasteiger partial charge in [0.1, 0.15) is 0 Å². The van der Waals surface area contributed by atoms with Gasteiger partial charge in [0.2, 0.25) is 6.29 Å². The van der Waals surface area contributed by atoms with Gasteiger partial charge in [0.25, 0.3) is 0 Å². The number of hydrogen-bond donors (Lipinski definition) is 0. The van der Waals surface area contributed by atoms with Crippen LogP contribution in [-0.4, -0.2) is 6.29 Å². The summed E-state index contributed by atoms with van der Waals surface area (Å²) in [5.74, 6) is 0. The molecule has 0 aliphatic heterocycles. The minimum Gasteiger partial charge on any atom is -0.463 e. The molecule has 0 aromatic heterocycles. The van der Waals surface area contributed by atoms with Gasteiger partial charge in [-0.15, -0.1) is 0 Å². The quantitative estimate of drug-likeness (QED) is 0.316. The van der Waals surface area contributed by atoms with Gasteiger partial charge in [-0.2, -0.15) is 0 Å². The van der Waals surface area contributed by atoms with E-state index in [9.17, 15) is 0 Å². The topological polar surface area (TPSA) is 18.5 Å². The van der Waals surface area contributed by atoms with Crippen LogP contribution in [0, 0.1) is 0 Å². The van der Waals surface area contributed by atoms with Gasteiger partial charge in [-0.25, -0.2) is 0 Å². The SMILES string of the molecule is C=COC(CCCCC)OC=C. The minimum atomic E-state index is -0.202. The Bertz CT molecular complexity index is 111. The predicted molar refractivity (Wildman–Crippen MR) is 50.5 cm³/mol. The first kappa shape index (κ1) is 11.1. The van der Waals surface area contributed by atoms with Gasteiger partial charge in [-0.1, -0.05) is 32.9 Å². The molecular formula is C10H18O2. The first-order valence-corrected chi connectivity index (χ1v) is 4.37. The Hall–Kier alpha value is -0.920. The Morgan fingerprint density at radius 1 is 1.17 bits per heavy atom. The van der Waals surface area contributed by atoms with Crippen molar-refractivity contribution >= 4 is 0 Å². The zero-order valence-corrected chi connectivity index (χ0v) is 7.79. The summed E-state index contributed by atoms with van der Waals surface area (Å²) in [6, 6.07) is 0. The van der Waals surface area contributed by atoms with Gasteiger partial charge in [0.05, 0.1) is 12.5 Å². The van der Waals surface area contributed by atoms with Crippen molar-refractivity contribution in [3.63, 3.8) is 0 Å². The van der Waals surface area contributed by atoms with Gasteiger partial charge < -0.3 is 9.47 Å². The lowest BCUT2D eigenvalue weighted by Crippen LogP contribution is -2.10. The molecule has 0 spiro atoms. The highest BCUT2D eigenvalue weighted by atomic mass is 16.7. The van der Waals surface area contributed by atoms with E-state index in [1.54, 1.807) is 0 Å². The highest BCUT2D eigenvalue weighted by molar-refractivity contribution is 4.58. The molecule has 0 radical (unpaired) electrons. The standard InChI is InChI=1S/C10H18O2/c1-4-7-8-9-10(11-5-2)12-6-3/h5-6,10H,2-4,7-9H2,1H3. The summed E-state index contributed by atoms with van der Waals surface area (Å²) in [5, 5.41) is 0. The van der Waals surface area contributed by atoms with Crippen LogP contribution in [0.2, 0.25) is 0 Å². The van der Waals surface area contributed by atoms with Crippen LogP contribution in [0.5, 0.6) is 0 Å². The summed E-state index contributed by atoms with van der Waals surface area (Å²) in [7, 11) is 0. The average Bonchev–Trinajstić information content (AvgIpc) is 2.06. The molecule has 0 saturated carbocycles. The van der Waals surface area contributed by atoms with E-state index >= 15 is 0 Å². The molecule has 0 amide bonds. The molecule has 0 bridgehead atoms. The highest BCUT2D eigenvalue weighted by Crippen LogP contribution is 2.08. The van der Waals surface area contributed by atoms with Crippen LogP contribution in [0.4, 0.5) is 0 Å². The summed E-state index contributed by atoms with van der Waals surface area (Å²) < 4.78 is 10.2. The molecule has 0 saturated heterocycles. The van der Waals surface area contributed by atoms with Crippen LogP contribution in [0.1, 0.15) is 32.6 Å². The van der Waals surface area contributed by atoms with Crippen molar-refractivity contribution < 1.29 is 9.47 Å². The van der Waals surface area contributed by atoms with Crippen LogP contribution >= 0.6 is 0 Å². The molecule has 0 aromatic rings. The molecule has 0 aliphatic carbocycles. The van der Waals surface area contributed by atoms with E-state index < -0.39 is 0 Å². The van der Waals surface area contributed by atoms with Crippen molar-refractivity contribution in [2.24, 2.45) is 0 Å². The van der Waals surface area contributed by atoms with E-state index in [0.717, 1.165) is 12.8 Å². The molecule has 2 nitrogen and oxygen atoms in total. The molecule has 70 valence electrons. The van der Waals surface area contributed by atoms with E-state index in [1.807, 2.05) is 0 Å². The first-order valence-electron chi connectivity index (χ1n) is 4.37. The Labute approximate surface area is 74.9 Å². The molecule has 0 aromatic carbocycles. The molecule has 0 unspecified atom stereocenters. The molecule has 2 heteroatoms. The number of rotatable bonds is 8. The fourth-order valence-corrected chi connectivity index (χ4v) is 0.944. The molecule has 0 atom stereocenters. The summed E-state index contributed by atoms with van der Waals surface area (Å²) in [4.78, 5) is 0. The fourth-order valence-electron chi connectivity index (χ4n) is 0.944. The lowest BCUT2D eigenvalue weighted by Gasteiger charge is -2.14. The van der Waals surface area contributed by atoms with Crippen molar-refractivity contribution in [3.05, 3.63) is 25.7 Å². The first-order chi connectivity index (χ1) is 5.85. The second kappa shape index (κ2) is 8.18. The van der Waals surface area contributed by atoms with Gasteiger partial charge in [-0.05, 0) is 6.42 Å². The lowest BCUT2D eigenvalue weighted by molar-refractivity contribution is -0.0663. The van der Waals surface area contributed by atoms with Crippen LogP contribution < -0.4 is 0 Å². The largest absolute Gasteiger partial charge is 0.463 e. The third-order valence-corrected chi connectivity index (χ3v) is 1.54. The third-order valence-electron chi connectivity index (χ3n) is 1.54. The molecule has 0 heterocycles. The summed E-state index contributed by atoms with van der Waals surface area (Å²) in [6.07, 6.45) is 7.02. The molecule has 0 fully saturated rings. The Balaban J connectivity index is 3.47. The second-order valence-electron chi connectivity index (χ2n) is 2.53. The Kier molecular flexibility index (Phi) is 7.55. The van der Waals surface area contributed by atoms with Crippen LogP contribution in [0.25, 0.3) is 0 Å². The van der Waals surface area contributed by atoms with E-state index in [-0.39, 0.29) is 6.29 Å². The highest BCUT2D eigenvalue weighted by Gasteiger charge is 2.05. The van der Waals surface area contributed by atoms with Crippen molar-refractivity contribution in [1.82, 2.24) is 0 Å². The maximum absolute atomic E-state index is 5.10. The van der Waals surface area contributed by atoms with Crippen molar-refractivity contribution in [1.29, 1.82) is 0 Å². The van der Waals surface area contributed by atoms with E-state index in [0.29, 0.717) is 0 Å². The number of hydrogen-bond acceptors (Lipinski definition) is 2. The van der Waals surface area contributed by atoms with Crippen molar-refractivity contribution in [3.8, 4) is 0 Å². The van der Waals surface area contributed by atoms with Gasteiger partial charge in [-0.3, -0.25) is 0 Å². The minimum absolute atomic E-state index is 0.202. The molecular weight excluding hydrogens is 152 g/mol. The smallest absolute Gasteiger partial charge is 0.239 e. The fraction of sp³-hybridized carbons (Fsp3) is 0.600. The Morgan fingerprint density at radius 3 is 2.17 bits per heavy atom. The summed E-state index contributed by atoms with van der Waals surface area (Å²) >= 11 is 0.